The van der Waals surface area contributed by atoms with Crippen molar-refractivity contribution in [2.75, 3.05) is 7.05 Å². The van der Waals surface area contributed by atoms with Gasteiger partial charge in [0.25, 0.3) is 0 Å². The highest BCUT2D eigenvalue weighted by Gasteiger charge is 2.20. The molecule has 2 aromatic rings. The topological polar surface area (TPSA) is 12.0 Å². The van der Waals surface area contributed by atoms with E-state index in [4.69, 9.17) is 0 Å². The summed E-state index contributed by atoms with van der Waals surface area (Å²) in [5.41, 5.74) is 1.08. The van der Waals surface area contributed by atoms with Crippen LogP contribution in [0.25, 0.3) is 0 Å². The minimum absolute atomic E-state index is 0.189. The molecule has 1 unspecified atom stereocenters. The van der Waals surface area contributed by atoms with Crippen LogP contribution in [0.2, 0.25) is 0 Å². The highest BCUT2D eigenvalue weighted by molar-refractivity contribution is 9.10. The van der Waals surface area contributed by atoms with Gasteiger partial charge in [0.1, 0.15) is 5.82 Å². The van der Waals surface area contributed by atoms with Crippen LogP contribution >= 0.6 is 15.9 Å². The van der Waals surface area contributed by atoms with Gasteiger partial charge in [-0.1, -0.05) is 18.2 Å². The van der Waals surface area contributed by atoms with E-state index in [0.29, 0.717) is 5.56 Å². The molecular formula is C15H13BrF3N. The Bertz CT molecular complexity index is 643. The van der Waals surface area contributed by atoms with E-state index in [9.17, 15) is 13.2 Å². The number of halogens is 4. The van der Waals surface area contributed by atoms with E-state index in [1.165, 1.54) is 25.1 Å². The molecule has 0 saturated carbocycles. The zero-order valence-corrected chi connectivity index (χ0v) is 12.6. The van der Waals surface area contributed by atoms with Crippen molar-refractivity contribution in [1.29, 1.82) is 0 Å². The minimum atomic E-state index is -0.884. The summed E-state index contributed by atoms with van der Waals surface area (Å²) in [5.74, 6) is -2.15. The van der Waals surface area contributed by atoms with Gasteiger partial charge < -0.3 is 5.32 Å². The van der Waals surface area contributed by atoms with Gasteiger partial charge in [-0.25, -0.2) is 13.2 Å². The Kier molecular flexibility index (Phi) is 4.50. The smallest absolute Gasteiger partial charge is 0.164 e. The molecule has 5 heteroatoms. The van der Waals surface area contributed by atoms with Gasteiger partial charge >= 0.3 is 0 Å². The van der Waals surface area contributed by atoms with Gasteiger partial charge in [-0.15, -0.1) is 0 Å². The molecule has 0 aromatic heterocycles. The molecule has 0 bridgehead atoms. The molecule has 1 nitrogen and oxygen atoms in total. The van der Waals surface area contributed by atoms with Crippen LogP contribution in [0, 0.1) is 24.4 Å². The lowest BCUT2D eigenvalue weighted by Gasteiger charge is -2.19. The summed E-state index contributed by atoms with van der Waals surface area (Å²) < 4.78 is 41.3. The molecule has 1 N–H and O–H groups in total. The fourth-order valence-electron chi connectivity index (χ4n) is 2.08. The number of hydrogen-bond acceptors (Lipinski definition) is 1. The van der Waals surface area contributed by atoms with Crippen molar-refractivity contribution < 1.29 is 13.2 Å². The lowest BCUT2D eigenvalue weighted by Crippen LogP contribution is -2.19. The monoisotopic (exact) mass is 343 g/mol. The molecule has 2 aromatic carbocycles. The molecule has 0 radical (unpaired) electrons. The fourth-order valence-corrected chi connectivity index (χ4v) is 2.47. The molecule has 0 aliphatic heterocycles. The Hall–Kier alpha value is -1.33. The number of rotatable bonds is 3. The van der Waals surface area contributed by atoms with Gasteiger partial charge in [-0.2, -0.15) is 0 Å². The Morgan fingerprint density at radius 1 is 1.05 bits per heavy atom. The lowest BCUT2D eigenvalue weighted by molar-refractivity contribution is 0.482. The Labute approximate surface area is 123 Å². The zero-order chi connectivity index (χ0) is 14.9. The Balaban J connectivity index is 2.52. The normalized spacial score (nSPS) is 12.5. The first kappa shape index (κ1) is 15.1. The first-order valence-electron chi connectivity index (χ1n) is 6.02. The van der Waals surface area contributed by atoms with Crippen molar-refractivity contribution in [3.05, 3.63) is 68.9 Å². The van der Waals surface area contributed by atoms with Gasteiger partial charge in [0.15, 0.2) is 11.6 Å². The van der Waals surface area contributed by atoms with Crippen molar-refractivity contribution in [3.63, 3.8) is 0 Å². The lowest BCUT2D eigenvalue weighted by atomic mass is 9.97. The van der Waals surface area contributed by atoms with Gasteiger partial charge in [0.05, 0.1) is 10.5 Å². The summed E-state index contributed by atoms with van der Waals surface area (Å²) in [7, 11) is 1.64. The van der Waals surface area contributed by atoms with Crippen molar-refractivity contribution in [2.45, 2.75) is 13.0 Å². The third-order valence-electron chi connectivity index (χ3n) is 3.18. The molecule has 20 heavy (non-hydrogen) atoms. The van der Waals surface area contributed by atoms with E-state index in [-0.39, 0.29) is 15.6 Å². The highest BCUT2D eigenvalue weighted by Crippen LogP contribution is 2.29. The summed E-state index contributed by atoms with van der Waals surface area (Å²) in [6.07, 6.45) is 0. The predicted octanol–water partition coefficient (Wildman–Crippen LogP) is 4.48. The van der Waals surface area contributed by atoms with Crippen molar-refractivity contribution >= 4 is 15.9 Å². The summed E-state index contributed by atoms with van der Waals surface area (Å²) in [5, 5.41) is 2.92. The fraction of sp³-hybridized carbons (Fsp3) is 0.200. The zero-order valence-electron chi connectivity index (χ0n) is 11.0. The van der Waals surface area contributed by atoms with E-state index < -0.39 is 23.5 Å². The second-order valence-electron chi connectivity index (χ2n) is 4.49. The third-order valence-corrected chi connectivity index (χ3v) is 3.79. The van der Waals surface area contributed by atoms with E-state index in [2.05, 4.69) is 21.2 Å². The van der Waals surface area contributed by atoms with E-state index >= 15 is 0 Å². The molecule has 0 aliphatic rings. The molecule has 1 atom stereocenters. The molecule has 0 saturated heterocycles. The van der Waals surface area contributed by atoms with Crippen LogP contribution in [-0.4, -0.2) is 7.05 Å². The first-order valence-corrected chi connectivity index (χ1v) is 6.81. The molecule has 106 valence electrons. The van der Waals surface area contributed by atoms with E-state index in [1.54, 1.807) is 19.2 Å². The molecular weight excluding hydrogens is 331 g/mol. The van der Waals surface area contributed by atoms with Crippen LogP contribution in [0.5, 0.6) is 0 Å². The number of benzene rings is 2. The van der Waals surface area contributed by atoms with Crippen LogP contribution in [-0.2, 0) is 0 Å². The number of nitrogens with one attached hydrogen (secondary N) is 1. The Morgan fingerprint density at radius 2 is 1.75 bits per heavy atom. The molecule has 2 rings (SSSR count). The van der Waals surface area contributed by atoms with Gasteiger partial charge in [0.2, 0.25) is 0 Å². The maximum absolute atomic E-state index is 14.1. The molecule has 0 heterocycles. The van der Waals surface area contributed by atoms with Gasteiger partial charge in [-0.3, -0.25) is 0 Å². The van der Waals surface area contributed by atoms with Crippen LogP contribution < -0.4 is 5.32 Å². The average molecular weight is 344 g/mol. The average Bonchev–Trinajstić information content (AvgIpc) is 2.43. The number of hydrogen-bond donors (Lipinski definition) is 1. The second-order valence-corrected chi connectivity index (χ2v) is 5.35. The van der Waals surface area contributed by atoms with Gasteiger partial charge in [-0.05, 0) is 53.2 Å². The Morgan fingerprint density at radius 3 is 2.35 bits per heavy atom. The van der Waals surface area contributed by atoms with Gasteiger partial charge in [0, 0.05) is 5.56 Å². The number of aryl methyl sites for hydroxylation is 1. The summed E-state index contributed by atoms with van der Waals surface area (Å²) >= 11 is 3.09. The largest absolute Gasteiger partial charge is 0.309 e. The molecule has 0 fully saturated rings. The van der Waals surface area contributed by atoms with Crippen molar-refractivity contribution in [3.8, 4) is 0 Å². The SMILES string of the molecule is CNC(c1ccc(F)c(Br)c1)c1ccc(C)c(F)c1F. The first-order chi connectivity index (χ1) is 9.45. The van der Waals surface area contributed by atoms with Crippen LogP contribution in [0.4, 0.5) is 13.2 Å². The standard InChI is InChI=1S/C15H13BrF3N/c1-8-3-5-10(14(19)13(8)18)15(20-2)9-4-6-12(17)11(16)7-9/h3-7,15,20H,1-2H3. The van der Waals surface area contributed by atoms with Crippen LogP contribution in [0.15, 0.2) is 34.8 Å². The minimum Gasteiger partial charge on any atom is -0.309 e. The second kappa shape index (κ2) is 5.97. The van der Waals surface area contributed by atoms with E-state index in [0.717, 1.165) is 0 Å². The van der Waals surface area contributed by atoms with Crippen LogP contribution in [0.1, 0.15) is 22.7 Å². The molecule has 0 aliphatic carbocycles. The van der Waals surface area contributed by atoms with E-state index in [1.807, 2.05) is 0 Å². The quantitative estimate of drug-likeness (QED) is 0.866. The maximum atomic E-state index is 14.1. The maximum Gasteiger partial charge on any atom is 0.164 e. The van der Waals surface area contributed by atoms with Crippen molar-refractivity contribution in [1.82, 2.24) is 5.32 Å². The summed E-state index contributed by atoms with van der Waals surface area (Å²) in [6, 6.07) is 6.88. The highest BCUT2D eigenvalue weighted by atomic mass is 79.9. The molecule has 0 amide bonds. The van der Waals surface area contributed by atoms with Crippen molar-refractivity contribution in [2.24, 2.45) is 0 Å². The van der Waals surface area contributed by atoms with Crippen LogP contribution in [0.3, 0.4) is 0 Å². The predicted molar refractivity (Wildman–Crippen MR) is 76.1 cm³/mol. The third kappa shape index (κ3) is 2.74. The summed E-state index contributed by atoms with van der Waals surface area (Å²) in [4.78, 5) is 0. The molecule has 0 spiro atoms. The summed E-state index contributed by atoms with van der Waals surface area (Å²) in [6.45, 7) is 1.51.